The van der Waals surface area contributed by atoms with Crippen LogP contribution in [0.4, 0.5) is 4.79 Å². The van der Waals surface area contributed by atoms with Crippen molar-refractivity contribution in [2.45, 2.75) is 64.4 Å². The number of amides is 1. The highest BCUT2D eigenvalue weighted by Crippen LogP contribution is 2.40. The fourth-order valence-corrected chi connectivity index (χ4v) is 3.16. The van der Waals surface area contributed by atoms with Gasteiger partial charge in [0.15, 0.2) is 5.82 Å². The molecule has 1 aliphatic heterocycles. The van der Waals surface area contributed by atoms with Crippen molar-refractivity contribution in [1.82, 2.24) is 15.0 Å². The molecule has 0 N–H and O–H groups in total. The summed E-state index contributed by atoms with van der Waals surface area (Å²) in [7, 11) is 0. The summed E-state index contributed by atoms with van der Waals surface area (Å²) in [6.07, 6.45) is 2.40. The Bertz CT molecular complexity index is 662. The lowest BCUT2D eigenvalue weighted by atomic mass is 9.91. The van der Waals surface area contributed by atoms with Gasteiger partial charge >= 0.3 is 12.1 Å². The molecule has 1 aromatic rings. The predicted molar refractivity (Wildman–Crippen MR) is 91.6 cm³/mol. The standard InChI is InChI=1S/C18H27N3O5/c1-5-24-16(22)13(15-19-14(20-26-15)11-6-7-11)12-8-9-21(10-12)17(23)25-18(2,3)4/h11-13H,5-10H2,1-4H3/t12-,13+/m0/s1. The van der Waals surface area contributed by atoms with Gasteiger partial charge in [-0.15, -0.1) is 0 Å². The monoisotopic (exact) mass is 365 g/mol. The topological polar surface area (TPSA) is 94.8 Å². The maximum absolute atomic E-state index is 12.5. The molecule has 1 saturated heterocycles. The van der Waals surface area contributed by atoms with Crippen LogP contribution in [0.5, 0.6) is 0 Å². The molecule has 3 rings (SSSR count). The maximum Gasteiger partial charge on any atom is 0.410 e. The van der Waals surface area contributed by atoms with Gasteiger partial charge in [-0.1, -0.05) is 5.16 Å². The number of rotatable bonds is 5. The van der Waals surface area contributed by atoms with Gasteiger partial charge in [-0.2, -0.15) is 4.98 Å². The molecule has 144 valence electrons. The molecule has 2 heterocycles. The molecule has 1 aliphatic carbocycles. The van der Waals surface area contributed by atoms with E-state index in [1.54, 1.807) is 11.8 Å². The van der Waals surface area contributed by atoms with Crippen LogP contribution in [0.3, 0.4) is 0 Å². The normalized spacial score (nSPS) is 21.5. The lowest BCUT2D eigenvalue weighted by Gasteiger charge is -2.25. The number of ether oxygens (including phenoxy) is 2. The van der Waals surface area contributed by atoms with Crippen molar-refractivity contribution < 1.29 is 23.6 Å². The molecular weight excluding hydrogens is 338 g/mol. The maximum atomic E-state index is 12.5. The number of carbonyl (C=O) groups is 2. The zero-order valence-corrected chi connectivity index (χ0v) is 15.9. The SMILES string of the molecule is CCOC(=O)[C@@H](c1nc(C2CC2)no1)[C@H]1CCN(C(=O)OC(C)(C)C)C1. The Morgan fingerprint density at radius 1 is 1.31 bits per heavy atom. The molecule has 0 aromatic carbocycles. The van der Waals surface area contributed by atoms with E-state index in [1.165, 1.54) is 0 Å². The van der Waals surface area contributed by atoms with Gasteiger partial charge < -0.3 is 18.9 Å². The van der Waals surface area contributed by atoms with E-state index >= 15 is 0 Å². The zero-order valence-electron chi connectivity index (χ0n) is 15.9. The molecule has 2 aliphatic rings. The van der Waals surface area contributed by atoms with Crippen LogP contribution in [0, 0.1) is 5.92 Å². The molecule has 1 amide bonds. The van der Waals surface area contributed by atoms with Crippen LogP contribution in [-0.2, 0) is 14.3 Å². The van der Waals surface area contributed by atoms with Crippen molar-refractivity contribution in [3.05, 3.63) is 11.7 Å². The molecule has 0 spiro atoms. The Morgan fingerprint density at radius 3 is 2.65 bits per heavy atom. The Morgan fingerprint density at radius 2 is 2.04 bits per heavy atom. The minimum atomic E-state index is -0.651. The van der Waals surface area contributed by atoms with Crippen LogP contribution in [0.15, 0.2) is 4.52 Å². The Hall–Kier alpha value is -2.12. The minimum absolute atomic E-state index is 0.130. The largest absolute Gasteiger partial charge is 0.465 e. The van der Waals surface area contributed by atoms with Crippen LogP contribution in [0.1, 0.15) is 70.5 Å². The summed E-state index contributed by atoms with van der Waals surface area (Å²) in [4.78, 5) is 30.9. The highest BCUT2D eigenvalue weighted by Gasteiger charge is 2.42. The number of likely N-dealkylation sites (tertiary alicyclic amines) is 1. The number of nitrogens with zero attached hydrogens (tertiary/aromatic N) is 3. The number of carbonyl (C=O) groups excluding carboxylic acids is 2. The van der Waals surface area contributed by atoms with E-state index in [4.69, 9.17) is 14.0 Å². The fraction of sp³-hybridized carbons (Fsp3) is 0.778. The van der Waals surface area contributed by atoms with Crippen LogP contribution in [0.2, 0.25) is 0 Å². The summed E-state index contributed by atoms with van der Waals surface area (Å²) < 4.78 is 16.0. The molecule has 2 fully saturated rings. The van der Waals surface area contributed by atoms with Gasteiger partial charge in [-0.25, -0.2) is 4.79 Å². The second-order valence-corrected chi connectivity index (χ2v) is 7.97. The average molecular weight is 365 g/mol. The van der Waals surface area contributed by atoms with E-state index in [1.807, 2.05) is 20.8 Å². The quantitative estimate of drug-likeness (QED) is 0.740. The van der Waals surface area contributed by atoms with E-state index in [0.717, 1.165) is 12.8 Å². The Kier molecular flexibility index (Phi) is 5.20. The molecule has 1 aromatic heterocycles. The summed E-state index contributed by atoms with van der Waals surface area (Å²) in [5, 5.41) is 4.02. The third-order valence-corrected chi connectivity index (χ3v) is 4.55. The highest BCUT2D eigenvalue weighted by atomic mass is 16.6. The molecule has 0 unspecified atom stereocenters. The van der Waals surface area contributed by atoms with E-state index in [0.29, 0.717) is 37.1 Å². The minimum Gasteiger partial charge on any atom is -0.465 e. The summed E-state index contributed by atoms with van der Waals surface area (Å²) in [6, 6.07) is 0. The van der Waals surface area contributed by atoms with Crippen molar-refractivity contribution >= 4 is 12.1 Å². The summed E-state index contributed by atoms with van der Waals surface area (Å²) in [5.74, 6) is 0.140. The lowest BCUT2D eigenvalue weighted by Crippen LogP contribution is -2.36. The molecule has 2 atom stereocenters. The van der Waals surface area contributed by atoms with Gasteiger partial charge in [-0.05, 0) is 47.0 Å². The van der Waals surface area contributed by atoms with Crippen molar-refractivity contribution in [3.8, 4) is 0 Å². The average Bonchev–Trinajstić information content (AvgIpc) is 3.08. The first-order valence-electron chi connectivity index (χ1n) is 9.26. The first-order valence-corrected chi connectivity index (χ1v) is 9.26. The van der Waals surface area contributed by atoms with Crippen LogP contribution >= 0.6 is 0 Å². The van der Waals surface area contributed by atoms with Gasteiger partial charge in [0.05, 0.1) is 6.61 Å². The van der Waals surface area contributed by atoms with E-state index in [9.17, 15) is 9.59 Å². The highest BCUT2D eigenvalue weighted by molar-refractivity contribution is 5.77. The zero-order chi connectivity index (χ0) is 18.9. The lowest BCUT2D eigenvalue weighted by molar-refractivity contribution is -0.147. The van der Waals surface area contributed by atoms with Gasteiger partial charge in [0, 0.05) is 24.9 Å². The third-order valence-electron chi connectivity index (χ3n) is 4.55. The van der Waals surface area contributed by atoms with Crippen molar-refractivity contribution in [2.24, 2.45) is 5.92 Å². The van der Waals surface area contributed by atoms with Crippen molar-refractivity contribution in [1.29, 1.82) is 0 Å². The van der Waals surface area contributed by atoms with E-state index < -0.39 is 11.5 Å². The molecule has 1 saturated carbocycles. The number of esters is 1. The van der Waals surface area contributed by atoms with Gasteiger partial charge in [0.1, 0.15) is 11.5 Å². The van der Waals surface area contributed by atoms with Crippen molar-refractivity contribution in [2.75, 3.05) is 19.7 Å². The number of aromatic nitrogens is 2. The van der Waals surface area contributed by atoms with Gasteiger partial charge in [-0.3, -0.25) is 4.79 Å². The summed E-state index contributed by atoms with van der Waals surface area (Å²) in [5.41, 5.74) is -0.554. The molecule has 8 heteroatoms. The molecule has 8 nitrogen and oxygen atoms in total. The Balaban J connectivity index is 1.72. The summed E-state index contributed by atoms with van der Waals surface area (Å²) in [6.45, 7) is 8.47. The van der Waals surface area contributed by atoms with Crippen LogP contribution in [0.25, 0.3) is 0 Å². The molecular formula is C18H27N3O5. The van der Waals surface area contributed by atoms with Crippen LogP contribution in [-0.4, -0.2) is 52.4 Å². The first-order chi connectivity index (χ1) is 12.3. The van der Waals surface area contributed by atoms with Crippen LogP contribution < -0.4 is 0 Å². The second kappa shape index (κ2) is 7.25. The second-order valence-electron chi connectivity index (χ2n) is 7.97. The van der Waals surface area contributed by atoms with Gasteiger partial charge in [0.2, 0.25) is 5.89 Å². The first kappa shape index (κ1) is 18.7. The van der Waals surface area contributed by atoms with E-state index in [-0.39, 0.29) is 24.6 Å². The van der Waals surface area contributed by atoms with Gasteiger partial charge in [0.25, 0.3) is 0 Å². The molecule has 0 bridgehead atoms. The van der Waals surface area contributed by atoms with Crippen molar-refractivity contribution in [3.63, 3.8) is 0 Å². The molecule has 26 heavy (non-hydrogen) atoms. The Labute approximate surface area is 153 Å². The molecule has 0 radical (unpaired) electrons. The number of hydrogen-bond donors (Lipinski definition) is 0. The fourth-order valence-electron chi connectivity index (χ4n) is 3.16. The smallest absolute Gasteiger partial charge is 0.410 e. The predicted octanol–water partition coefficient (Wildman–Crippen LogP) is 2.85. The summed E-state index contributed by atoms with van der Waals surface area (Å²) >= 11 is 0. The van der Waals surface area contributed by atoms with E-state index in [2.05, 4.69) is 10.1 Å². The number of hydrogen-bond acceptors (Lipinski definition) is 7. The third kappa shape index (κ3) is 4.34.